The molecule has 2 nitrogen and oxygen atoms in total. The van der Waals surface area contributed by atoms with E-state index in [1.807, 2.05) is 0 Å². The third kappa shape index (κ3) is 7.46. The highest BCUT2D eigenvalue weighted by molar-refractivity contribution is 5.11. The first kappa shape index (κ1) is 25.5. The summed E-state index contributed by atoms with van der Waals surface area (Å²) < 4.78 is 0. The summed E-state index contributed by atoms with van der Waals surface area (Å²) >= 11 is 0. The zero-order chi connectivity index (χ0) is 21.9. The molecule has 4 aliphatic carbocycles. The fourth-order valence-corrected chi connectivity index (χ4v) is 7.94. The molecule has 4 rings (SSSR count). The minimum Gasteiger partial charge on any atom is -0.393 e. The summed E-state index contributed by atoms with van der Waals surface area (Å²) in [6.07, 6.45) is 28.8. The zero-order valence-corrected chi connectivity index (χ0v) is 21.2. The van der Waals surface area contributed by atoms with Crippen molar-refractivity contribution in [1.82, 2.24) is 5.32 Å². The van der Waals surface area contributed by atoms with Gasteiger partial charge in [-0.15, -0.1) is 0 Å². The smallest absolute Gasteiger partial charge is 0.0558 e. The Morgan fingerprint density at radius 2 is 1.10 bits per heavy atom. The zero-order valence-electron chi connectivity index (χ0n) is 21.2. The van der Waals surface area contributed by atoms with Gasteiger partial charge in [-0.05, 0) is 75.7 Å². The number of hydrogen-bond donors (Lipinski definition) is 2. The highest BCUT2D eigenvalue weighted by Gasteiger charge is 2.56. The van der Waals surface area contributed by atoms with Gasteiger partial charge >= 0.3 is 0 Å². The standard InChI is InChI=1S/C29H55NO/c1-3-4-5-6-7-8-9-10-11-12-13-14-15-16-17-28(31)23-29(30-2)26-19-24-18-25(21-26)22-27(29)20-24/h24-28,30-31H,3-23H2,1-2H3. The second kappa shape index (κ2) is 13.6. The van der Waals surface area contributed by atoms with Crippen molar-refractivity contribution >= 4 is 0 Å². The molecule has 4 saturated carbocycles. The van der Waals surface area contributed by atoms with Gasteiger partial charge in [0.15, 0.2) is 0 Å². The molecule has 4 fully saturated rings. The van der Waals surface area contributed by atoms with Crippen molar-refractivity contribution in [3.63, 3.8) is 0 Å². The van der Waals surface area contributed by atoms with Crippen LogP contribution in [0.4, 0.5) is 0 Å². The summed E-state index contributed by atoms with van der Waals surface area (Å²) in [5, 5.41) is 14.7. The van der Waals surface area contributed by atoms with Crippen molar-refractivity contribution in [2.45, 2.75) is 153 Å². The van der Waals surface area contributed by atoms with Gasteiger partial charge in [-0.2, -0.15) is 0 Å². The number of rotatable bonds is 18. The number of aliphatic hydroxyl groups is 1. The van der Waals surface area contributed by atoms with E-state index in [1.165, 1.54) is 122 Å². The Hall–Kier alpha value is -0.0800. The monoisotopic (exact) mass is 433 g/mol. The van der Waals surface area contributed by atoms with Crippen LogP contribution in [0, 0.1) is 23.7 Å². The molecule has 1 atom stereocenters. The molecule has 0 saturated heterocycles. The fraction of sp³-hybridized carbons (Fsp3) is 1.00. The van der Waals surface area contributed by atoms with Crippen molar-refractivity contribution in [2.24, 2.45) is 23.7 Å². The molecule has 2 N–H and O–H groups in total. The first-order chi connectivity index (χ1) is 15.2. The molecular formula is C29H55NO. The van der Waals surface area contributed by atoms with E-state index >= 15 is 0 Å². The average Bonchev–Trinajstić information content (AvgIpc) is 2.76. The Kier molecular flexibility index (Phi) is 11.2. The van der Waals surface area contributed by atoms with Crippen LogP contribution in [-0.2, 0) is 0 Å². The Morgan fingerprint density at radius 1 is 0.677 bits per heavy atom. The number of aliphatic hydroxyl groups excluding tert-OH is 1. The van der Waals surface area contributed by atoms with E-state index in [9.17, 15) is 5.11 Å². The minimum atomic E-state index is -0.0951. The lowest BCUT2D eigenvalue weighted by atomic mass is 9.47. The largest absolute Gasteiger partial charge is 0.393 e. The lowest BCUT2D eigenvalue weighted by Gasteiger charge is -2.62. The fourth-order valence-electron chi connectivity index (χ4n) is 7.94. The minimum absolute atomic E-state index is 0.0951. The van der Waals surface area contributed by atoms with Gasteiger partial charge in [-0.25, -0.2) is 0 Å². The van der Waals surface area contributed by atoms with Crippen LogP contribution in [0.2, 0.25) is 0 Å². The summed E-state index contributed by atoms with van der Waals surface area (Å²) in [6, 6.07) is 0. The highest BCUT2D eigenvalue weighted by Crippen LogP contribution is 2.59. The Balaban J connectivity index is 1.17. The predicted molar refractivity (Wildman–Crippen MR) is 134 cm³/mol. The first-order valence-corrected chi connectivity index (χ1v) is 14.5. The molecule has 0 aromatic heterocycles. The van der Waals surface area contributed by atoms with E-state index in [1.54, 1.807) is 0 Å². The van der Waals surface area contributed by atoms with Crippen LogP contribution in [0.5, 0.6) is 0 Å². The van der Waals surface area contributed by atoms with E-state index in [0.29, 0.717) is 0 Å². The molecule has 4 bridgehead atoms. The van der Waals surface area contributed by atoms with Gasteiger partial charge < -0.3 is 10.4 Å². The van der Waals surface area contributed by atoms with Crippen LogP contribution in [0.3, 0.4) is 0 Å². The molecule has 1 unspecified atom stereocenters. The van der Waals surface area contributed by atoms with Crippen LogP contribution >= 0.6 is 0 Å². The van der Waals surface area contributed by atoms with E-state index in [-0.39, 0.29) is 11.6 Å². The number of nitrogens with one attached hydrogen (secondary N) is 1. The van der Waals surface area contributed by atoms with Gasteiger partial charge in [0.25, 0.3) is 0 Å². The second-order valence-corrected chi connectivity index (χ2v) is 11.8. The van der Waals surface area contributed by atoms with Gasteiger partial charge in [0.1, 0.15) is 0 Å². The van der Waals surface area contributed by atoms with E-state index in [0.717, 1.165) is 36.5 Å². The molecule has 31 heavy (non-hydrogen) atoms. The molecular weight excluding hydrogens is 378 g/mol. The molecule has 0 amide bonds. The van der Waals surface area contributed by atoms with Crippen molar-refractivity contribution in [3.05, 3.63) is 0 Å². The van der Waals surface area contributed by atoms with Crippen LogP contribution in [0.15, 0.2) is 0 Å². The van der Waals surface area contributed by atoms with Gasteiger partial charge in [0.05, 0.1) is 6.10 Å². The Morgan fingerprint density at radius 3 is 1.52 bits per heavy atom. The van der Waals surface area contributed by atoms with Gasteiger partial charge in [-0.1, -0.05) is 96.8 Å². The Bertz CT molecular complexity index is 447. The SMILES string of the molecule is CCCCCCCCCCCCCCCCC(O)CC1(NC)C2CC3CC(C2)CC1C3. The van der Waals surface area contributed by atoms with Gasteiger partial charge in [0, 0.05) is 5.54 Å². The summed E-state index contributed by atoms with van der Waals surface area (Å²) in [7, 11) is 2.18. The topological polar surface area (TPSA) is 32.3 Å². The third-order valence-electron chi connectivity index (χ3n) is 9.52. The molecule has 2 heteroatoms. The predicted octanol–water partition coefficient (Wildman–Crippen LogP) is 8.02. The summed E-state index contributed by atoms with van der Waals surface area (Å²) in [5.41, 5.74) is 0.253. The van der Waals surface area contributed by atoms with Crippen LogP contribution in [-0.4, -0.2) is 23.8 Å². The molecule has 182 valence electrons. The lowest BCUT2D eigenvalue weighted by Crippen LogP contribution is -2.65. The maximum atomic E-state index is 10.9. The van der Waals surface area contributed by atoms with Gasteiger partial charge in [-0.3, -0.25) is 0 Å². The number of unbranched alkanes of at least 4 members (excludes halogenated alkanes) is 13. The second-order valence-electron chi connectivity index (χ2n) is 11.8. The van der Waals surface area contributed by atoms with Crippen molar-refractivity contribution in [2.75, 3.05) is 7.05 Å². The maximum Gasteiger partial charge on any atom is 0.0558 e. The summed E-state index contributed by atoms with van der Waals surface area (Å²) in [4.78, 5) is 0. The van der Waals surface area contributed by atoms with Crippen LogP contribution in [0.1, 0.15) is 142 Å². The Labute approximate surface area is 194 Å². The molecule has 0 aromatic carbocycles. The molecule has 0 aliphatic heterocycles. The molecule has 4 aliphatic rings. The molecule has 0 heterocycles. The number of hydrogen-bond acceptors (Lipinski definition) is 2. The van der Waals surface area contributed by atoms with Crippen molar-refractivity contribution < 1.29 is 5.11 Å². The normalized spacial score (nSPS) is 32.6. The quantitative estimate of drug-likeness (QED) is 0.214. The molecule has 0 radical (unpaired) electrons. The van der Waals surface area contributed by atoms with E-state index in [2.05, 4.69) is 19.3 Å². The average molecular weight is 434 g/mol. The summed E-state index contributed by atoms with van der Waals surface area (Å²) in [6.45, 7) is 2.30. The van der Waals surface area contributed by atoms with Gasteiger partial charge in [0.2, 0.25) is 0 Å². The first-order valence-electron chi connectivity index (χ1n) is 14.5. The van der Waals surface area contributed by atoms with E-state index < -0.39 is 0 Å². The molecule has 0 spiro atoms. The van der Waals surface area contributed by atoms with Crippen LogP contribution < -0.4 is 5.32 Å². The van der Waals surface area contributed by atoms with E-state index in [4.69, 9.17) is 0 Å². The summed E-state index contributed by atoms with van der Waals surface area (Å²) in [5.74, 6) is 3.68. The maximum absolute atomic E-state index is 10.9. The van der Waals surface area contributed by atoms with Crippen molar-refractivity contribution in [1.29, 1.82) is 0 Å². The van der Waals surface area contributed by atoms with Crippen molar-refractivity contribution in [3.8, 4) is 0 Å². The highest BCUT2D eigenvalue weighted by atomic mass is 16.3. The third-order valence-corrected chi connectivity index (χ3v) is 9.52. The lowest BCUT2D eigenvalue weighted by molar-refractivity contribution is -0.0894. The van der Waals surface area contributed by atoms with Crippen LogP contribution in [0.25, 0.3) is 0 Å². The molecule has 0 aromatic rings.